The fourth-order valence-electron chi connectivity index (χ4n) is 5.06. The van der Waals surface area contributed by atoms with Crippen LogP contribution in [0.15, 0.2) is 127 Å². The van der Waals surface area contributed by atoms with Crippen LogP contribution >= 0.6 is 11.3 Å². The number of fused-ring (bicyclic) bond motifs is 2. The zero-order valence-corrected chi connectivity index (χ0v) is 22.2. The highest BCUT2D eigenvalue weighted by atomic mass is 32.1. The van der Waals surface area contributed by atoms with Crippen LogP contribution in [-0.2, 0) is 0 Å². The molecule has 0 saturated carbocycles. The SMILES string of the molecule is Cc1ccc2nc(-c3ccc(-c4ccc5cc(-c6ccc(-c7ccc(F)cc7)cc6)ccc5c4)cc3)sc2c1. The van der Waals surface area contributed by atoms with Gasteiger partial charge in [-0.05, 0) is 93.0 Å². The summed E-state index contributed by atoms with van der Waals surface area (Å²) in [5.41, 5.74) is 10.3. The van der Waals surface area contributed by atoms with Gasteiger partial charge in [-0.1, -0.05) is 91.0 Å². The smallest absolute Gasteiger partial charge is 0.124 e. The summed E-state index contributed by atoms with van der Waals surface area (Å²) in [5, 5.41) is 3.48. The molecule has 0 atom stereocenters. The first-order chi connectivity index (χ1) is 19.1. The van der Waals surface area contributed by atoms with Crippen molar-refractivity contribution in [2.45, 2.75) is 6.92 Å². The van der Waals surface area contributed by atoms with E-state index in [4.69, 9.17) is 4.98 Å². The molecule has 0 aliphatic heterocycles. The van der Waals surface area contributed by atoms with Crippen LogP contribution in [0.1, 0.15) is 5.56 Å². The summed E-state index contributed by atoms with van der Waals surface area (Å²) in [5.74, 6) is -0.216. The van der Waals surface area contributed by atoms with Crippen LogP contribution in [0.25, 0.3) is 64.9 Å². The molecule has 39 heavy (non-hydrogen) atoms. The highest BCUT2D eigenvalue weighted by Gasteiger charge is 2.08. The first-order valence-electron chi connectivity index (χ1n) is 13.0. The van der Waals surface area contributed by atoms with Gasteiger partial charge in [-0.2, -0.15) is 0 Å². The van der Waals surface area contributed by atoms with E-state index in [2.05, 4.69) is 110 Å². The van der Waals surface area contributed by atoms with E-state index in [0.29, 0.717) is 0 Å². The lowest BCUT2D eigenvalue weighted by Crippen LogP contribution is -1.83. The summed E-state index contributed by atoms with van der Waals surface area (Å²) >= 11 is 1.74. The van der Waals surface area contributed by atoms with Crippen molar-refractivity contribution in [2.24, 2.45) is 0 Å². The monoisotopic (exact) mass is 521 g/mol. The molecule has 3 heteroatoms. The predicted molar refractivity (Wildman–Crippen MR) is 164 cm³/mol. The number of halogens is 1. The van der Waals surface area contributed by atoms with Crippen molar-refractivity contribution in [3.05, 3.63) is 139 Å². The topological polar surface area (TPSA) is 12.9 Å². The van der Waals surface area contributed by atoms with Crippen LogP contribution in [-0.4, -0.2) is 4.98 Å². The third kappa shape index (κ3) is 4.62. The number of aromatic nitrogens is 1. The molecule has 0 spiro atoms. The molecule has 0 aliphatic rings. The van der Waals surface area contributed by atoms with Crippen molar-refractivity contribution >= 4 is 32.3 Å². The van der Waals surface area contributed by atoms with E-state index in [1.54, 1.807) is 11.3 Å². The van der Waals surface area contributed by atoms with Gasteiger partial charge in [-0.3, -0.25) is 0 Å². The van der Waals surface area contributed by atoms with Crippen LogP contribution in [0, 0.1) is 12.7 Å². The number of aryl methyl sites for hydroxylation is 1. The Morgan fingerprint density at radius 3 is 1.51 bits per heavy atom. The van der Waals surface area contributed by atoms with Gasteiger partial charge >= 0.3 is 0 Å². The lowest BCUT2D eigenvalue weighted by Gasteiger charge is -2.09. The fourth-order valence-corrected chi connectivity index (χ4v) is 6.13. The minimum atomic E-state index is -0.216. The number of hydrogen-bond acceptors (Lipinski definition) is 2. The minimum absolute atomic E-state index is 0.216. The maximum atomic E-state index is 13.3. The van der Waals surface area contributed by atoms with E-state index in [1.807, 2.05) is 12.1 Å². The Morgan fingerprint density at radius 2 is 0.949 bits per heavy atom. The van der Waals surface area contributed by atoms with E-state index in [0.717, 1.165) is 32.8 Å². The molecule has 0 radical (unpaired) electrons. The molecule has 186 valence electrons. The molecule has 0 bridgehead atoms. The number of nitrogens with zero attached hydrogens (tertiary/aromatic N) is 1. The first-order valence-corrected chi connectivity index (χ1v) is 13.8. The maximum absolute atomic E-state index is 13.3. The fraction of sp³-hybridized carbons (Fsp3) is 0.0278. The van der Waals surface area contributed by atoms with E-state index in [1.165, 1.54) is 49.9 Å². The molecule has 0 unspecified atom stereocenters. The van der Waals surface area contributed by atoms with Crippen LogP contribution in [0.5, 0.6) is 0 Å². The molecule has 0 saturated heterocycles. The molecule has 0 amide bonds. The Kier molecular flexibility index (Phi) is 5.79. The summed E-state index contributed by atoms with van der Waals surface area (Å²) in [6.07, 6.45) is 0. The summed E-state index contributed by atoms with van der Waals surface area (Å²) < 4.78 is 14.5. The molecule has 7 rings (SSSR count). The predicted octanol–water partition coefficient (Wildman–Crippen LogP) is 10.6. The summed E-state index contributed by atoms with van der Waals surface area (Å²) in [6, 6.07) is 43.4. The molecule has 1 aromatic heterocycles. The van der Waals surface area contributed by atoms with Crippen molar-refractivity contribution in [1.29, 1.82) is 0 Å². The minimum Gasteiger partial charge on any atom is -0.236 e. The van der Waals surface area contributed by atoms with Crippen LogP contribution < -0.4 is 0 Å². The van der Waals surface area contributed by atoms with Gasteiger partial charge in [0.1, 0.15) is 10.8 Å². The van der Waals surface area contributed by atoms with Crippen LogP contribution in [0.4, 0.5) is 4.39 Å². The summed E-state index contributed by atoms with van der Waals surface area (Å²) in [4.78, 5) is 4.83. The van der Waals surface area contributed by atoms with Crippen molar-refractivity contribution < 1.29 is 4.39 Å². The van der Waals surface area contributed by atoms with Crippen LogP contribution in [0.2, 0.25) is 0 Å². The van der Waals surface area contributed by atoms with Gasteiger partial charge in [-0.25, -0.2) is 9.37 Å². The lowest BCUT2D eigenvalue weighted by molar-refractivity contribution is 0.628. The molecular formula is C36H24FNS. The normalized spacial score (nSPS) is 11.3. The van der Waals surface area contributed by atoms with Crippen molar-refractivity contribution in [1.82, 2.24) is 4.98 Å². The third-order valence-electron chi connectivity index (χ3n) is 7.25. The largest absolute Gasteiger partial charge is 0.236 e. The molecule has 6 aromatic carbocycles. The highest BCUT2D eigenvalue weighted by Crippen LogP contribution is 2.34. The van der Waals surface area contributed by atoms with Gasteiger partial charge in [-0.15, -0.1) is 11.3 Å². The zero-order chi connectivity index (χ0) is 26.3. The highest BCUT2D eigenvalue weighted by molar-refractivity contribution is 7.21. The van der Waals surface area contributed by atoms with Gasteiger partial charge in [0, 0.05) is 5.56 Å². The Bertz CT molecular complexity index is 1950. The summed E-state index contributed by atoms with van der Waals surface area (Å²) in [7, 11) is 0. The standard InChI is InChI=1S/C36H24FNS/c1-23-2-19-34-35(20-23)39-36(38-34)28-9-7-27(8-10-28)30-12-14-31-21-29(11-13-32(31)22-30)26-5-3-24(4-6-26)25-15-17-33(37)18-16-25/h2-22H,1H3. The molecule has 1 heterocycles. The van der Waals surface area contributed by atoms with Gasteiger partial charge in [0.2, 0.25) is 0 Å². The van der Waals surface area contributed by atoms with E-state index in [-0.39, 0.29) is 5.82 Å². The second-order valence-corrected chi connectivity index (χ2v) is 11.0. The third-order valence-corrected chi connectivity index (χ3v) is 8.31. The average Bonchev–Trinajstić information content (AvgIpc) is 3.40. The molecule has 7 aromatic rings. The average molecular weight is 522 g/mol. The Balaban J connectivity index is 1.13. The number of thiazole rings is 1. The van der Waals surface area contributed by atoms with Crippen molar-refractivity contribution in [2.75, 3.05) is 0 Å². The Hall–Kier alpha value is -4.60. The molecule has 0 aliphatic carbocycles. The Labute approximate surface area is 230 Å². The number of hydrogen-bond donors (Lipinski definition) is 0. The molecule has 0 N–H and O–H groups in total. The van der Waals surface area contributed by atoms with Gasteiger partial charge in [0.15, 0.2) is 0 Å². The first kappa shape index (κ1) is 23.5. The van der Waals surface area contributed by atoms with E-state index >= 15 is 0 Å². The van der Waals surface area contributed by atoms with Crippen molar-refractivity contribution in [3.63, 3.8) is 0 Å². The number of benzene rings is 6. The van der Waals surface area contributed by atoms with Crippen molar-refractivity contribution in [3.8, 4) is 44.0 Å². The second kappa shape index (κ2) is 9.61. The number of rotatable bonds is 4. The van der Waals surface area contributed by atoms with Gasteiger partial charge in [0.05, 0.1) is 10.2 Å². The summed E-state index contributed by atoms with van der Waals surface area (Å²) in [6.45, 7) is 2.12. The quantitative estimate of drug-likeness (QED) is 0.224. The lowest BCUT2D eigenvalue weighted by atomic mass is 9.96. The molecule has 0 fully saturated rings. The molecular weight excluding hydrogens is 497 g/mol. The van der Waals surface area contributed by atoms with Crippen LogP contribution in [0.3, 0.4) is 0 Å². The second-order valence-electron chi connectivity index (χ2n) is 9.93. The van der Waals surface area contributed by atoms with Gasteiger partial charge in [0.25, 0.3) is 0 Å². The van der Waals surface area contributed by atoms with E-state index < -0.39 is 0 Å². The van der Waals surface area contributed by atoms with Gasteiger partial charge < -0.3 is 0 Å². The van der Waals surface area contributed by atoms with E-state index in [9.17, 15) is 4.39 Å². The zero-order valence-electron chi connectivity index (χ0n) is 21.4. The maximum Gasteiger partial charge on any atom is 0.124 e. The Morgan fingerprint density at radius 1 is 0.487 bits per heavy atom. The molecule has 1 nitrogen and oxygen atoms in total.